The Morgan fingerprint density at radius 1 is 0.481 bits per heavy atom. The molecule has 0 amide bonds. The average molecular weight is 1030 g/mol. The molecule has 4 heterocycles. The summed E-state index contributed by atoms with van der Waals surface area (Å²) in [6.07, 6.45) is 4.78. The zero-order valence-electron chi connectivity index (χ0n) is 49.4. The van der Waals surface area contributed by atoms with Crippen LogP contribution in [0.2, 0.25) is 0 Å². The average Bonchev–Trinajstić information content (AvgIpc) is 4.08. The minimum absolute atomic E-state index is 0.000680. The SMILES string of the molecule is CC(C)(C)c1ccc(N(c2ccc(C(C)(C)C)cc2)c2cc3c4c(c2)N2c5c(cc(C(C)(C)C)cc5C5(C)CCCCC25C)B4c2c(sc4cc(C(C)(C)C)ccc24)N3c2ccc(C(C)(C)C)cc2-c2ccccc2)cc1. The van der Waals surface area contributed by atoms with Crippen molar-refractivity contribution < 1.29 is 0 Å². The lowest BCUT2D eigenvalue weighted by atomic mass is 9.33. The van der Waals surface area contributed by atoms with Crippen LogP contribution in [0.3, 0.4) is 0 Å². The highest BCUT2D eigenvalue weighted by molar-refractivity contribution is 7.26. The predicted octanol–water partition coefficient (Wildman–Crippen LogP) is 18.9. The second kappa shape index (κ2) is 17.2. The maximum atomic E-state index is 2.93. The number of thiophene rings is 1. The van der Waals surface area contributed by atoms with E-state index in [1.54, 1.807) is 5.56 Å². The lowest BCUT2D eigenvalue weighted by molar-refractivity contribution is 0.195. The summed E-state index contributed by atoms with van der Waals surface area (Å²) in [5.74, 6) is 0. The third kappa shape index (κ3) is 8.08. The fraction of sp³-hybridized carbons (Fsp3) is 0.389. The summed E-state index contributed by atoms with van der Waals surface area (Å²) in [4.78, 5) is 8.24. The Hall–Kier alpha value is -6.04. The normalized spacial score (nSPS) is 19.1. The summed E-state index contributed by atoms with van der Waals surface area (Å²) >= 11 is 2.00. The molecule has 1 aliphatic carbocycles. The van der Waals surface area contributed by atoms with Crippen LogP contribution < -0.4 is 31.1 Å². The van der Waals surface area contributed by atoms with Gasteiger partial charge in [0.15, 0.2) is 0 Å². The lowest BCUT2D eigenvalue weighted by Crippen LogP contribution is -2.64. The van der Waals surface area contributed by atoms with Crippen LogP contribution in [0.1, 0.15) is 177 Å². The molecule has 4 aliphatic rings. The summed E-state index contributed by atoms with van der Waals surface area (Å²) in [6.45, 7) is 40.6. The molecule has 2 atom stereocenters. The molecule has 0 bridgehead atoms. The van der Waals surface area contributed by atoms with E-state index >= 15 is 0 Å². The van der Waals surface area contributed by atoms with Gasteiger partial charge in [-0.05, 0) is 162 Å². The molecule has 0 spiro atoms. The first-order valence-corrected chi connectivity index (χ1v) is 29.6. The van der Waals surface area contributed by atoms with Crippen LogP contribution >= 0.6 is 11.3 Å². The molecule has 0 N–H and O–H groups in total. The molecule has 12 rings (SSSR count). The van der Waals surface area contributed by atoms with Crippen LogP contribution in [0.15, 0.2) is 140 Å². The highest BCUT2D eigenvalue weighted by Crippen LogP contribution is 2.63. The van der Waals surface area contributed by atoms with Crippen molar-refractivity contribution >= 4 is 89.3 Å². The number of anilines is 8. The molecule has 5 heteroatoms. The fourth-order valence-corrected chi connectivity index (χ4v) is 15.1. The van der Waals surface area contributed by atoms with Crippen LogP contribution in [0, 0.1) is 0 Å². The number of hydrogen-bond donors (Lipinski definition) is 0. The molecular weight excluding hydrogens is 950 g/mol. The molecule has 2 unspecified atom stereocenters. The predicted molar refractivity (Wildman–Crippen MR) is 338 cm³/mol. The Morgan fingerprint density at radius 2 is 1.01 bits per heavy atom. The topological polar surface area (TPSA) is 9.72 Å². The van der Waals surface area contributed by atoms with E-state index in [2.05, 4.69) is 272 Å². The molecule has 8 aromatic rings. The third-order valence-corrected chi connectivity index (χ3v) is 19.9. The number of fused-ring (bicyclic) bond motifs is 9. The van der Waals surface area contributed by atoms with E-state index in [9.17, 15) is 0 Å². The van der Waals surface area contributed by atoms with Gasteiger partial charge in [-0.25, -0.2) is 0 Å². The van der Waals surface area contributed by atoms with Crippen molar-refractivity contribution in [2.24, 2.45) is 0 Å². The molecule has 3 aliphatic heterocycles. The molecule has 7 aromatic carbocycles. The van der Waals surface area contributed by atoms with E-state index in [4.69, 9.17) is 0 Å². The second-order valence-electron chi connectivity index (χ2n) is 29.1. The van der Waals surface area contributed by atoms with Crippen LogP contribution in [0.4, 0.5) is 44.8 Å². The number of nitrogens with zero attached hydrogens (tertiary/aromatic N) is 3. The highest BCUT2D eigenvalue weighted by atomic mass is 32.1. The van der Waals surface area contributed by atoms with Gasteiger partial charge in [0.05, 0.1) is 21.9 Å². The van der Waals surface area contributed by atoms with Crippen molar-refractivity contribution in [1.82, 2.24) is 0 Å². The summed E-state index contributed by atoms with van der Waals surface area (Å²) < 4.78 is 1.35. The van der Waals surface area contributed by atoms with Crippen LogP contribution in [0.25, 0.3) is 21.2 Å². The van der Waals surface area contributed by atoms with Crippen molar-refractivity contribution in [1.29, 1.82) is 0 Å². The molecular formula is C72H82BN3S. The van der Waals surface area contributed by atoms with Gasteiger partial charge in [-0.15, -0.1) is 11.3 Å². The van der Waals surface area contributed by atoms with E-state index in [1.807, 2.05) is 11.3 Å². The first-order valence-electron chi connectivity index (χ1n) is 28.8. The zero-order chi connectivity index (χ0) is 54.7. The molecule has 77 heavy (non-hydrogen) atoms. The maximum absolute atomic E-state index is 2.93. The quantitative estimate of drug-likeness (QED) is 0.159. The molecule has 1 fully saturated rings. The van der Waals surface area contributed by atoms with Crippen molar-refractivity contribution in [2.75, 3.05) is 14.7 Å². The monoisotopic (exact) mass is 1030 g/mol. The number of hydrogen-bond acceptors (Lipinski definition) is 4. The van der Waals surface area contributed by atoms with Crippen molar-refractivity contribution in [3.05, 3.63) is 173 Å². The van der Waals surface area contributed by atoms with Gasteiger partial charge in [-0.3, -0.25) is 0 Å². The van der Waals surface area contributed by atoms with Gasteiger partial charge in [0.25, 0.3) is 6.71 Å². The molecule has 3 nitrogen and oxygen atoms in total. The molecule has 0 radical (unpaired) electrons. The molecule has 1 saturated carbocycles. The van der Waals surface area contributed by atoms with Gasteiger partial charge in [0.1, 0.15) is 0 Å². The second-order valence-corrected chi connectivity index (χ2v) is 30.1. The van der Waals surface area contributed by atoms with Crippen LogP contribution in [-0.4, -0.2) is 12.3 Å². The van der Waals surface area contributed by atoms with Gasteiger partial charge in [-0.2, -0.15) is 0 Å². The van der Waals surface area contributed by atoms with E-state index in [0.29, 0.717) is 0 Å². The van der Waals surface area contributed by atoms with E-state index in [0.717, 1.165) is 17.8 Å². The van der Waals surface area contributed by atoms with Gasteiger partial charge in [-0.1, -0.05) is 209 Å². The van der Waals surface area contributed by atoms with Gasteiger partial charge < -0.3 is 14.7 Å². The third-order valence-electron chi connectivity index (χ3n) is 18.8. The van der Waals surface area contributed by atoms with Crippen LogP contribution in [0.5, 0.6) is 0 Å². The Morgan fingerprint density at radius 3 is 1.60 bits per heavy atom. The number of benzene rings is 7. The molecule has 394 valence electrons. The first kappa shape index (κ1) is 51.7. The van der Waals surface area contributed by atoms with Crippen molar-refractivity contribution in [2.45, 2.75) is 181 Å². The Bertz CT molecular complexity index is 3580. The largest absolute Gasteiger partial charge is 0.335 e. The Balaban J connectivity index is 1.26. The van der Waals surface area contributed by atoms with E-state index in [-0.39, 0.29) is 44.7 Å². The van der Waals surface area contributed by atoms with Gasteiger partial charge >= 0.3 is 0 Å². The lowest BCUT2D eigenvalue weighted by Gasteiger charge is -2.52. The van der Waals surface area contributed by atoms with E-state index in [1.165, 1.54) is 118 Å². The summed E-state index contributed by atoms with van der Waals surface area (Å²) in [5, 5.41) is 2.69. The van der Waals surface area contributed by atoms with Gasteiger partial charge in [0, 0.05) is 44.1 Å². The first-order chi connectivity index (χ1) is 36.1. The van der Waals surface area contributed by atoms with E-state index < -0.39 is 0 Å². The van der Waals surface area contributed by atoms with Gasteiger partial charge in [0.2, 0.25) is 0 Å². The standard InChI is InChI=1S/C72H82BN3S/c1-66(2,3)46-25-31-51(32-26-46)74(52-33-27-47(28-34-52)67(4,5)6)53-43-59-63-60(44-53)76-64-56(71(16)37-21-22-38-72(71,76)17)40-50(70(13,14)15)41-57(64)73(63)62-54-35-29-49(69(10,11)12)42-61(54)77-65(62)75(59)58-36-30-48(68(7,8)9)39-55(58)45-23-19-18-20-24-45/h18-20,23-36,39-44H,21-22,37-38H2,1-17H3. The maximum Gasteiger partial charge on any atom is 0.254 e. The minimum Gasteiger partial charge on any atom is -0.335 e. The fourth-order valence-electron chi connectivity index (χ4n) is 13.8. The minimum atomic E-state index is -0.156. The van der Waals surface area contributed by atoms with Crippen molar-refractivity contribution in [3.8, 4) is 11.1 Å². The Labute approximate surface area is 466 Å². The zero-order valence-corrected chi connectivity index (χ0v) is 50.3. The van der Waals surface area contributed by atoms with Crippen molar-refractivity contribution in [3.63, 3.8) is 0 Å². The number of rotatable bonds is 5. The summed E-state index contributed by atoms with van der Waals surface area (Å²) in [6, 6.07) is 55.5. The summed E-state index contributed by atoms with van der Waals surface area (Å²) in [5.41, 5.74) is 23.7. The molecule has 1 aromatic heterocycles. The molecule has 0 saturated heterocycles. The Kier molecular flexibility index (Phi) is 11.6. The van der Waals surface area contributed by atoms with Crippen LogP contribution in [-0.2, 0) is 32.5 Å². The smallest absolute Gasteiger partial charge is 0.254 e. The highest BCUT2D eigenvalue weighted by Gasteiger charge is 2.62. The summed E-state index contributed by atoms with van der Waals surface area (Å²) in [7, 11) is 0.